The molecule has 154 valence electrons. The Labute approximate surface area is 185 Å². The van der Waals surface area contributed by atoms with Crippen LogP contribution in [-0.4, -0.2) is 56.2 Å². The molecular weight excluding hydrogens is 467 g/mol. The van der Waals surface area contributed by atoms with E-state index in [2.05, 4.69) is 35.1 Å². The van der Waals surface area contributed by atoms with Crippen molar-refractivity contribution in [2.75, 3.05) is 40.4 Å². The van der Waals surface area contributed by atoms with Crippen LogP contribution in [0.3, 0.4) is 0 Å². The molecule has 0 aliphatic rings. The minimum absolute atomic E-state index is 0. The third-order valence-electron chi connectivity index (χ3n) is 4.23. The average molecular weight is 498 g/mol. The number of halogens is 1. The van der Waals surface area contributed by atoms with Gasteiger partial charge in [0.1, 0.15) is 18.1 Å². The summed E-state index contributed by atoms with van der Waals surface area (Å²) in [5.41, 5.74) is 2.49. The molecule has 1 N–H and O–H groups in total. The zero-order valence-electron chi connectivity index (χ0n) is 17.1. The number of benzene rings is 1. The van der Waals surface area contributed by atoms with Gasteiger partial charge in [-0.2, -0.15) is 0 Å². The van der Waals surface area contributed by atoms with Gasteiger partial charge in [-0.15, -0.1) is 24.0 Å². The fraction of sp³-hybridized carbons (Fsp3) is 0.429. The maximum absolute atomic E-state index is 5.81. The smallest absolute Gasteiger partial charge is 0.193 e. The van der Waals surface area contributed by atoms with Crippen LogP contribution in [0.5, 0.6) is 11.5 Å². The first kappa shape index (κ1) is 24.0. The predicted molar refractivity (Wildman–Crippen MR) is 125 cm³/mol. The lowest BCUT2D eigenvalue weighted by atomic mass is 10.1. The van der Waals surface area contributed by atoms with Crippen LogP contribution >= 0.6 is 24.0 Å². The van der Waals surface area contributed by atoms with Crippen molar-refractivity contribution in [3.05, 3.63) is 53.9 Å². The molecular formula is C21H31IN4O2. The van der Waals surface area contributed by atoms with Crippen molar-refractivity contribution in [1.82, 2.24) is 15.2 Å². The van der Waals surface area contributed by atoms with Crippen molar-refractivity contribution in [1.29, 1.82) is 0 Å². The van der Waals surface area contributed by atoms with Gasteiger partial charge >= 0.3 is 0 Å². The van der Waals surface area contributed by atoms with Crippen LogP contribution in [0.15, 0.2) is 47.7 Å². The van der Waals surface area contributed by atoms with E-state index in [0.717, 1.165) is 43.5 Å². The molecule has 0 aliphatic carbocycles. The maximum Gasteiger partial charge on any atom is 0.193 e. The minimum atomic E-state index is 0. The van der Waals surface area contributed by atoms with Gasteiger partial charge in [0.2, 0.25) is 0 Å². The highest BCUT2D eigenvalue weighted by Gasteiger charge is 2.06. The monoisotopic (exact) mass is 498 g/mol. The Balaban J connectivity index is 0.00000392. The summed E-state index contributed by atoms with van der Waals surface area (Å²) in [5.74, 6) is 2.55. The van der Waals surface area contributed by atoms with Gasteiger partial charge in [0.15, 0.2) is 5.96 Å². The van der Waals surface area contributed by atoms with E-state index in [-0.39, 0.29) is 24.0 Å². The highest BCUT2D eigenvalue weighted by Crippen LogP contribution is 2.16. The molecule has 1 heterocycles. The molecule has 2 rings (SSSR count). The van der Waals surface area contributed by atoms with E-state index >= 15 is 0 Å². The number of hydrogen-bond acceptors (Lipinski definition) is 4. The lowest BCUT2D eigenvalue weighted by Gasteiger charge is -2.22. The fourth-order valence-corrected chi connectivity index (χ4v) is 2.61. The number of aryl methyl sites for hydroxylation is 1. The molecule has 1 aromatic heterocycles. The molecule has 0 saturated heterocycles. The molecule has 1 aromatic carbocycles. The number of nitrogens with one attached hydrogen (secondary N) is 1. The van der Waals surface area contributed by atoms with E-state index in [1.54, 1.807) is 7.11 Å². The average Bonchev–Trinajstić information content (AvgIpc) is 2.69. The molecule has 28 heavy (non-hydrogen) atoms. The summed E-state index contributed by atoms with van der Waals surface area (Å²) in [7, 11) is 3.68. The molecule has 0 fully saturated rings. The van der Waals surface area contributed by atoms with Gasteiger partial charge in [-0.05, 0) is 61.7 Å². The van der Waals surface area contributed by atoms with Gasteiger partial charge in [0.25, 0.3) is 0 Å². The van der Waals surface area contributed by atoms with Gasteiger partial charge in [-0.1, -0.05) is 0 Å². The summed E-state index contributed by atoms with van der Waals surface area (Å²) in [6.45, 7) is 7.04. The standard InChI is InChI=1S/C21H30N4O2.HI/c1-5-23-21(24-13-11-18-10-12-22-16-17(18)2)25(3)14-15-27-20-8-6-19(26-4)7-9-20;/h6-10,12,16H,5,11,13-15H2,1-4H3,(H,23,24);1H. The van der Waals surface area contributed by atoms with E-state index in [9.17, 15) is 0 Å². The molecule has 0 saturated carbocycles. The fourth-order valence-electron chi connectivity index (χ4n) is 2.61. The minimum Gasteiger partial charge on any atom is -0.497 e. The van der Waals surface area contributed by atoms with Crippen molar-refractivity contribution < 1.29 is 9.47 Å². The molecule has 2 aromatic rings. The Hall–Kier alpha value is -2.03. The summed E-state index contributed by atoms with van der Waals surface area (Å²) < 4.78 is 11.0. The largest absolute Gasteiger partial charge is 0.497 e. The van der Waals surface area contributed by atoms with Crippen molar-refractivity contribution in [3.8, 4) is 11.5 Å². The van der Waals surface area contributed by atoms with Gasteiger partial charge in [0, 0.05) is 32.5 Å². The lowest BCUT2D eigenvalue weighted by Crippen LogP contribution is -2.41. The van der Waals surface area contributed by atoms with Gasteiger partial charge in [0.05, 0.1) is 13.7 Å². The highest BCUT2D eigenvalue weighted by atomic mass is 127. The quantitative estimate of drug-likeness (QED) is 0.326. The molecule has 0 atom stereocenters. The van der Waals surface area contributed by atoms with Crippen LogP contribution in [0.2, 0.25) is 0 Å². The van der Waals surface area contributed by atoms with Crippen molar-refractivity contribution in [3.63, 3.8) is 0 Å². The number of aliphatic imine (C=N–C) groups is 1. The first-order valence-electron chi connectivity index (χ1n) is 9.29. The third-order valence-corrected chi connectivity index (χ3v) is 4.23. The molecule has 0 radical (unpaired) electrons. The first-order valence-corrected chi connectivity index (χ1v) is 9.29. The van der Waals surface area contributed by atoms with E-state index in [1.165, 1.54) is 11.1 Å². The molecule has 6 nitrogen and oxygen atoms in total. The second-order valence-corrected chi connectivity index (χ2v) is 6.23. The van der Waals surface area contributed by atoms with Crippen LogP contribution in [0, 0.1) is 6.92 Å². The molecule has 0 amide bonds. The third kappa shape index (κ3) is 7.92. The Morgan fingerprint density at radius 3 is 2.54 bits per heavy atom. The number of ether oxygens (including phenoxy) is 2. The molecule has 0 spiro atoms. The number of aromatic nitrogens is 1. The van der Waals surface area contributed by atoms with Crippen LogP contribution in [0.1, 0.15) is 18.1 Å². The summed E-state index contributed by atoms with van der Waals surface area (Å²) in [4.78, 5) is 11.0. The second kappa shape index (κ2) is 13.2. The van der Waals surface area contributed by atoms with Gasteiger partial charge in [-0.3, -0.25) is 9.98 Å². The van der Waals surface area contributed by atoms with E-state index in [0.29, 0.717) is 6.61 Å². The Morgan fingerprint density at radius 2 is 1.89 bits per heavy atom. The maximum atomic E-state index is 5.81. The number of hydrogen-bond donors (Lipinski definition) is 1. The molecule has 7 heteroatoms. The SMILES string of the molecule is CCNC(=NCCc1ccncc1C)N(C)CCOc1ccc(OC)cc1.I. The van der Waals surface area contributed by atoms with Crippen molar-refractivity contribution in [2.24, 2.45) is 4.99 Å². The normalized spacial score (nSPS) is 10.8. The number of methoxy groups -OCH3 is 1. The molecule has 0 unspecified atom stereocenters. The van der Waals surface area contributed by atoms with Crippen molar-refractivity contribution >= 4 is 29.9 Å². The summed E-state index contributed by atoms with van der Waals surface area (Å²) >= 11 is 0. The Bertz CT molecular complexity index is 723. The Kier molecular flexibility index (Phi) is 11.3. The number of rotatable bonds is 9. The topological polar surface area (TPSA) is 59.0 Å². The number of pyridine rings is 1. The summed E-state index contributed by atoms with van der Waals surface area (Å²) in [6, 6.07) is 9.67. The first-order chi connectivity index (χ1) is 13.1. The van der Waals surface area contributed by atoms with Crippen LogP contribution in [-0.2, 0) is 6.42 Å². The number of likely N-dealkylation sites (N-methyl/N-ethyl adjacent to an activating group) is 1. The van der Waals surface area contributed by atoms with Crippen LogP contribution in [0.25, 0.3) is 0 Å². The highest BCUT2D eigenvalue weighted by molar-refractivity contribution is 14.0. The van der Waals surface area contributed by atoms with Crippen LogP contribution in [0.4, 0.5) is 0 Å². The van der Waals surface area contributed by atoms with E-state index in [4.69, 9.17) is 14.5 Å². The second-order valence-electron chi connectivity index (χ2n) is 6.23. The molecule has 0 bridgehead atoms. The predicted octanol–water partition coefficient (Wildman–Crippen LogP) is 3.54. The van der Waals surface area contributed by atoms with Gasteiger partial charge < -0.3 is 19.7 Å². The zero-order valence-corrected chi connectivity index (χ0v) is 19.5. The zero-order chi connectivity index (χ0) is 19.5. The summed E-state index contributed by atoms with van der Waals surface area (Å²) in [6.07, 6.45) is 4.63. The molecule has 0 aliphatic heterocycles. The summed E-state index contributed by atoms with van der Waals surface area (Å²) in [5, 5.41) is 3.34. The van der Waals surface area contributed by atoms with Crippen molar-refractivity contribution in [2.45, 2.75) is 20.3 Å². The lowest BCUT2D eigenvalue weighted by molar-refractivity contribution is 0.281. The number of nitrogens with zero attached hydrogens (tertiary/aromatic N) is 3. The van der Waals surface area contributed by atoms with Crippen LogP contribution < -0.4 is 14.8 Å². The van der Waals surface area contributed by atoms with E-state index in [1.807, 2.05) is 43.7 Å². The number of guanidine groups is 1. The van der Waals surface area contributed by atoms with E-state index < -0.39 is 0 Å². The Morgan fingerprint density at radius 1 is 1.18 bits per heavy atom. The van der Waals surface area contributed by atoms with Gasteiger partial charge in [-0.25, -0.2) is 0 Å².